The third-order valence-corrected chi connectivity index (χ3v) is 4.21. The second-order valence-corrected chi connectivity index (χ2v) is 6.44. The van der Waals surface area contributed by atoms with Crippen LogP contribution in [0.1, 0.15) is 22.3 Å². The number of nitrogens with one attached hydrogen (secondary N) is 1. The molecule has 1 saturated heterocycles. The zero-order valence-corrected chi connectivity index (χ0v) is 14.9. The van der Waals surface area contributed by atoms with Crippen LogP contribution in [0.2, 0.25) is 0 Å². The maximum Gasteiger partial charge on any atom is 0.284 e. The molecule has 0 bridgehead atoms. The van der Waals surface area contributed by atoms with Crippen molar-refractivity contribution in [2.24, 2.45) is 0 Å². The van der Waals surface area contributed by atoms with Gasteiger partial charge in [0, 0.05) is 9.13 Å². The third kappa shape index (κ3) is 3.62. The molecule has 3 rings (SSSR count). The van der Waals surface area contributed by atoms with Crippen molar-refractivity contribution < 1.29 is 18.8 Å². The first-order valence-corrected chi connectivity index (χ1v) is 8.34. The highest BCUT2D eigenvalue weighted by Crippen LogP contribution is 2.26. The highest BCUT2D eigenvalue weighted by atomic mass is 127. The molecule has 0 radical (unpaired) electrons. The second kappa shape index (κ2) is 7.16. The lowest BCUT2D eigenvalue weighted by atomic mass is 10.1. The normalized spacial score (nSPS) is 13.6. The summed E-state index contributed by atoms with van der Waals surface area (Å²) in [4.78, 5) is 29.0. The Hall–Kier alpha value is -2.51. The van der Waals surface area contributed by atoms with E-state index in [0.29, 0.717) is 5.06 Å². The molecule has 2 amide bonds. The molecule has 25 heavy (non-hydrogen) atoms. The average Bonchev–Trinajstić information content (AvgIpc) is 3.02. The van der Waals surface area contributed by atoms with Gasteiger partial charge in [0.1, 0.15) is 11.9 Å². The van der Waals surface area contributed by atoms with Crippen LogP contribution in [0, 0.1) is 20.7 Å². The van der Waals surface area contributed by atoms with Crippen LogP contribution >= 0.6 is 22.6 Å². The van der Waals surface area contributed by atoms with Crippen LogP contribution < -0.4 is 5.32 Å². The monoisotopic (exact) mass is 451 g/mol. The van der Waals surface area contributed by atoms with Gasteiger partial charge in [-0.05, 0) is 59.0 Å². The van der Waals surface area contributed by atoms with Crippen LogP contribution in [0.4, 0.5) is 15.8 Å². The first-order valence-electron chi connectivity index (χ1n) is 7.26. The first kappa shape index (κ1) is 17.3. The molecule has 0 aliphatic carbocycles. The second-order valence-electron chi connectivity index (χ2n) is 5.20. The zero-order chi connectivity index (χ0) is 18.0. The van der Waals surface area contributed by atoms with Gasteiger partial charge < -0.3 is 5.32 Å². The van der Waals surface area contributed by atoms with Crippen molar-refractivity contribution in [2.75, 3.05) is 11.9 Å². The van der Waals surface area contributed by atoms with Crippen molar-refractivity contribution in [3.05, 3.63) is 56.9 Å². The summed E-state index contributed by atoms with van der Waals surface area (Å²) < 4.78 is 14.8. The molecule has 8 heteroatoms. The summed E-state index contributed by atoms with van der Waals surface area (Å²) >= 11 is 1.99. The number of anilines is 2. The Labute approximate surface area is 156 Å². The predicted octanol–water partition coefficient (Wildman–Crippen LogP) is 3.35. The maximum absolute atomic E-state index is 14.0. The fourth-order valence-electron chi connectivity index (χ4n) is 2.30. The number of carbonyl (C=O) groups excluding carboxylic acids is 2. The minimum Gasteiger partial charge on any atom is -0.352 e. The summed E-state index contributed by atoms with van der Waals surface area (Å²) in [6, 6.07) is 10.8. The molecule has 1 N–H and O–H groups in total. The molecule has 1 fully saturated rings. The molecule has 0 aromatic heterocycles. The first-order chi connectivity index (χ1) is 12.0. The van der Waals surface area contributed by atoms with Crippen LogP contribution in [-0.2, 0) is 9.63 Å². The molecular formula is C17H11FIN3O3. The van der Waals surface area contributed by atoms with E-state index in [0.717, 1.165) is 3.57 Å². The third-order valence-electron chi connectivity index (χ3n) is 3.53. The SMILES string of the molecule is N#Cc1ccc(C(=O)N2OCCC2=O)cc1Nc1ccc(I)cc1F. The molecule has 0 spiro atoms. The number of nitriles is 1. The molecule has 126 valence electrons. The number of amides is 2. The molecule has 0 unspecified atom stereocenters. The summed E-state index contributed by atoms with van der Waals surface area (Å²) in [6.07, 6.45) is 0.140. The smallest absolute Gasteiger partial charge is 0.284 e. The van der Waals surface area contributed by atoms with E-state index >= 15 is 0 Å². The number of nitrogens with zero attached hydrogens (tertiary/aromatic N) is 2. The van der Waals surface area contributed by atoms with Gasteiger partial charge in [-0.2, -0.15) is 5.26 Å². The average molecular weight is 451 g/mol. The Morgan fingerprint density at radius 1 is 1.28 bits per heavy atom. The lowest BCUT2D eigenvalue weighted by molar-refractivity contribution is -0.148. The number of imide groups is 1. The largest absolute Gasteiger partial charge is 0.352 e. The number of halogens is 2. The van der Waals surface area contributed by atoms with E-state index in [1.807, 2.05) is 28.7 Å². The summed E-state index contributed by atoms with van der Waals surface area (Å²) in [6.45, 7) is 0.153. The van der Waals surface area contributed by atoms with Gasteiger partial charge in [-0.25, -0.2) is 4.39 Å². The molecule has 2 aromatic carbocycles. The summed E-state index contributed by atoms with van der Waals surface area (Å²) in [7, 11) is 0. The standard InChI is InChI=1S/C17H11FIN3O3/c18-13-8-12(19)3-4-14(13)21-15-7-10(1-2-11(15)9-20)17(24)22-16(23)5-6-25-22/h1-4,7-8,21H,5-6H2. The summed E-state index contributed by atoms with van der Waals surface area (Å²) in [5, 5.41) is 12.8. The van der Waals surface area contributed by atoms with Crippen LogP contribution in [0.3, 0.4) is 0 Å². The highest BCUT2D eigenvalue weighted by Gasteiger charge is 2.29. The maximum atomic E-state index is 14.0. The van der Waals surface area contributed by atoms with Gasteiger partial charge >= 0.3 is 0 Å². The Balaban J connectivity index is 1.94. The number of carbonyl (C=O) groups is 2. The van der Waals surface area contributed by atoms with E-state index in [2.05, 4.69) is 5.32 Å². The van der Waals surface area contributed by atoms with E-state index in [4.69, 9.17) is 4.84 Å². The fraction of sp³-hybridized carbons (Fsp3) is 0.118. The predicted molar refractivity (Wildman–Crippen MR) is 95.3 cm³/mol. The highest BCUT2D eigenvalue weighted by molar-refractivity contribution is 14.1. The molecule has 0 saturated carbocycles. The van der Waals surface area contributed by atoms with Crippen molar-refractivity contribution in [2.45, 2.75) is 6.42 Å². The van der Waals surface area contributed by atoms with Crippen LogP contribution in [-0.4, -0.2) is 23.5 Å². The number of rotatable bonds is 3. The lowest BCUT2D eigenvalue weighted by Gasteiger charge is -2.14. The van der Waals surface area contributed by atoms with E-state index in [1.54, 1.807) is 12.1 Å². The fourth-order valence-corrected chi connectivity index (χ4v) is 2.75. The van der Waals surface area contributed by atoms with E-state index < -0.39 is 17.6 Å². The van der Waals surface area contributed by atoms with Crippen molar-refractivity contribution >= 4 is 45.8 Å². The molecule has 1 aliphatic rings. The van der Waals surface area contributed by atoms with Crippen molar-refractivity contribution in [3.8, 4) is 6.07 Å². The van der Waals surface area contributed by atoms with Crippen LogP contribution in [0.25, 0.3) is 0 Å². The number of benzene rings is 2. The minimum absolute atomic E-state index is 0.140. The summed E-state index contributed by atoms with van der Waals surface area (Å²) in [5.74, 6) is -1.53. The Kier molecular flexibility index (Phi) is 4.96. The van der Waals surface area contributed by atoms with Gasteiger partial charge in [-0.15, -0.1) is 5.06 Å². The topological polar surface area (TPSA) is 82.4 Å². The Morgan fingerprint density at radius 3 is 2.72 bits per heavy atom. The summed E-state index contributed by atoms with van der Waals surface area (Å²) in [5.41, 5.74) is 0.834. The van der Waals surface area contributed by atoms with Gasteiger partial charge in [0.05, 0.1) is 30.0 Å². The van der Waals surface area contributed by atoms with E-state index in [1.165, 1.54) is 24.3 Å². The molecule has 1 heterocycles. The van der Waals surface area contributed by atoms with Gasteiger partial charge in [0.2, 0.25) is 0 Å². The van der Waals surface area contributed by atoms with Gasteiger partial charge in [-0.3, -0.25) is 14.4 Å². The van der Waals surface area contributed by atoms with Gasteiger partial charge in [0.15, 0.2) is 0 Å². The molecule has 0 atom stereocenters. The molecular weight excluding hydrogens is 440 g/mol. The number of hydrogen-bond acceptors (Lipinski definition) is 5. The quantitative estimate of drug-likeness (QED) is 0.572. The van der Waals surface area contributed by atoms with Crippen molar-refractivity contribution in [3.63, 3.8) is 0 Å². The van der Waals surface area contributed by atoms with Crippen molar-refractivity contribution in [1.82, 2.24) is 5.06 Å². The van der Waals surface area contributed by atoms with Crippen LogP contribution in [0.15, 0.2) is 36.4 Å². The molecule has 2 aromatic rings. The lowest BCUT2D eigenvalue weighted by Crippen LogP contribution is -2.30. The van der Waals surface area contributed by atoms with Gasteiger partial charge in [-0.1, -0.05) is 0 Å². The minimum atomic E-state index is -0.627. The molecule has 6 nitrogen and oxygen atoms in total. The Bertz CT molecular complexity index is 910. The number of hydroxylamine groups is 2. The van der Waals surface area contributed by atoms with E-state index in [-0.39, 0.29) is 35.5 Å². The Morgan fingerprint density at radius 2 is 2.08 bits per heavy atom. The van der Waals surface area contributed by atoms with Crippen molar-refractivity contribution in [1.29, 1.82) is 5.26 Å². The zero-order valence-electron chi connectivity index (χ0n) is 12.8. The van der Waals surface area contributed by atoms with Gasteiger partial charge in [0.25, 0.3) is 11.8 Å². The van der Waals surface area contributed by atoms with Crippen LogP contribution in [0.5, 0.6) is 0 Å². The van der Waals surface area contributed by atoms with E-state index in [9.17, 15) is 19.2 Å². The number of hydrogen-bond donors (Lipinski definition) is 1. The molecule has 1 aliphatic heterocycles.